The average molecular weight is 446 g/mol. The normalized spacial score (nSPS) is 15.7. The summed E-state index contributed by atoms with van der Waals surface area (Å²) in [4.78, 5) is 25.1. The fourth-order valence-corrected chi connectivity index (χ4v) is 3.98. The lowest BCUT2D eigenvalue weighted by molar-refractivity contribution is 0.0949. The number of urea groups is 1. The smallest absolute Gasteiger partial charge is 0.323 e. The van der Waals surface area contributed by atoms with Crippen LogP contribution in [-0.2, 0) is 4.74 Å². The van der Waals surface area contributed by atoms with Crippen LogP contribution in [-0.4, -0.2) is 41.5 Å². The van der Waals surface area contributed by atoms with Crippen LogP contribution in [0, 0.1) is 5.92 Å². The minimum absolute atomic E-state index is 0.109. The van der Waals surface area contributed by atoms with Crippen LogP contribution in [0.25, 0.3) is 5.69 Å². The van der Waals surface area contributed by atoms with Gasteiger partial charge in [0.1, 0.15) is 0 Å². The maximum Gasteiger partial charge on any atom is 0.323 e. The molecule has 1 saturated heterocycles. The zero-order chi connectivity index (χ0) is 20.9. The minimum Gasteiger partial charge on any atom is -0.381 e. The van der Waals surface area contributed by atoms with Crippen LogP contribution >= 0.6 is 22.9 Å². The molecule has 4 rings (SSSR count). The third kappa shape index (κ3) is 4.99. The average Bonchev–Trinajstić information content (AvgIpc) is 3.49. The zero-order valence-corrected chi connectivity index (χ0v) is 17.5. The molecule has 1 aromatic carbocycles. The fraction of sp³-hybridized carbons (Fsp3) is 0.250. The summed E-state index contributed by atoms with van der Waals surface area (Å²) in [7, 11) is 0. The van der Waals surface area contributed by atoms with Gasteiger partial charge in [-0.25, -0.2) is 9.48 Å². The lowest BCUT2D eigenvalue weighted by Gasteiger charge is -2.08. The Morgan fingerprint density at radius 2 is 2.17 bits per heavy atom. The Balaban J connectivity index is 1.34. The third-order valence-electron chi connectivity index (χ3n) is 4.61. The second kappa shape index (κ2) is 9.29. The van der Waals surface area contributed by atoms with E-state index in [4.69, 9.17) is 16.3 Å². The van der Waals surface area contributed by atoms with Crippen molar-refractivity contribution >= 4 is 46.3 Å². The molecule has 3 aromatic rings. The van der Waals surface area contributed by atoms with E-state index in [1.165, 1.54) is 17.5 Å². The number of benzene rings is 1. The van der Waals surface area contributed by atoms with Crippen molar-refractivity contribution in [3.05, 3.63) is 58.0 Å². The topological polar surface area (TPSA) is 97.3 Å². The molecule has 8 nitrogen and oxygen atoms in total. The van der Waals surface area contributed by atoms with Crippen molar-refractivity contribution in [2.75, 3.05) is 30.4 Å². The minimum atomic E-state index is -0.427. The lowest BCUT2D eigenvalue weighted by atomic mass is 10.1. The molecule has 3 amide bonds. The van der Waals surface area contributed by atoms with Crippen LogP contribution in [0.4, 0.5) is 16.2 Å². The highest BCUT2D eigenvalue weighted by atomic mass is 35.5. The molecule has 0 radical (unpaired) electrons. The number of aromatic nitrogens is 2. The van der Waals surface area contributed by atoms with Crippen molar-refractivity contribution in [1.29, 1.82) is 0 Å². The predicted molar refractivity (Wildman–Crippen MR) is 117 cm³/mol. The van der Waals surface area contributed by atoms with Gasteiger partial charge in [0, 0.05) is 24.4 Å². The number of rotatable bonds is 6. The number of hydrogen-bond donors (Lipinski definition) is 3. The summed E-state index contributed by atoms with van der Waals surface area (Å²) in [6.07, 6.45) is 4.18. The van der Waals surface area contributed by atoms with E-state index >= 15 is 0 Å². The van der Waals surface area contributed by atoms with Gasteiger partial charge in [-0.05, 0) is 24.6 Å². The van der Waals surface area contributed by atoms with Crippen LogP contribution in [0.15, 0.2) is 48.1 Å². The van der Waals surface area contributed by atoms with Crippen LogP contribution in [0.1, 0.15) is 16.1 Å². The third-order valence-corrected chi connectivity index (χ3v) is 5.86. The van der Waals surface area contributed by atoms with Gasteiger partial charge < -0.3 is 20.7 Å². The summed E-state index contributed by atoms with van der Waals surface area (Å²) in [5, 5.41) is 14.9. The number of anilines is 2. The Morgan fingerprint density at radius 1 is 1.30 bits per heavy atom. The Morgan fingerprint density at radius 3 is 2.97 bits per heavy atom. The second-order valence-electron chi connectivity index (χ2n) is 6.84. The number of nitrogens with zero attached hydrogens (tertiary/aromatic N) is 2. The van der Waals surface area contributed by atoms with E-state index < -0.39 is 6.03 Å². The molecule has 0 aliphatic carbocycles. The largest absolute Gasteiger partial charge is 0.381 e. The van der Waals surface area contributed by atoms with Crippen LogP contribution in [0.5, 0.6) is 0 Å². The summed E-state index contributed by atoms with van der Waals surface area (Å²) in [6, 6.07) is 8.32. The number of halogens is 1. The van der Waals surface area contributed by atoms with Gasteiger partial charge in [-0.15, -0.1) is 11.3 Å². The number of carbonyl (C=O) groups excluding carboxylic acids is 2. The van der Waals surface area contributed by atoms with Crippen molar-refractivity contribution in [3.63, 3.8) is 0 Å². The molecule has 2 aromatic heterocycles. The molecule has 3 heterocycles. The molecule has 1 fully saturated rings. The first-order chi connectivity index (χ1) is 14.6. The van der Waals surface area contributed by atoms with Crippen LogP contribution < -0.4 is 16.0 Å². The second-order valence-corrected chi connectivity index (χ2v) is 8.16. The number of para-hydroxylation sites is 1. The van der Waals surface area contributed by atoms with E-state index in [0.717, 1.165) is 18.7 Å². The van der Waals surface area contributed by atoms with Gasteiger partial charge in [0.25, 0.3) is 5.91 Å². The molecule has 156 valence electrons. The first-order valence-electron chi connectivity index (χ1n) is 9.40. The van der Waals surface area contributed by atoms with Crippen LogP contribution in [0.3, 0.4) is 0 Å². The van der Waals surface area contributed by atoms with Crippen molar-refractivity contribution in [1.82, 2.24) is 15.1 Å². The van der Waals surface area contributed by atoms with Crippen molar-refractivity contribution < 1.29 is 14.3 Å². The monoisotopic (exact) mass is 445 g/mol. The van der Waals surface area contributed by atoms with E-state index in [2.05, 4.69) is 21.0 Å². The predicted octanol–water partition coefficient (Wildman–Crippen LogP) is 4.00. The van der Waals surface area contributed by atoms with Gasteiger partial charge in [-0.1, -0.05) is 23.7 Å². The Bertz CT molecular complexity index is 1040. The fourth-order valence-electron chi connectivity index (χ4n) is 3.01. The first-order valence-corrected chi connectivity index (χ1v) is 10.7. The first kappa shape index (κ1) is 20.4. The highest BCUT2D eigenvalue weighted by molar-refractivity contribution is 7.12. The quantitative estimate of drug-likeness (QED) is 0.534. The standard InChI is InChI=1S/C20H20ClN5O3S/c21-16-3-1-2-4-17(16)25-20(28)24-14-9-23-26(10-14)15-7-18(30-12-15)19(27)22-8-13-5-6-29-11-13/h1-4,7,9-10,12-13H,5-6,8,11H2,(H,22,27)(H2,24,25,28)/t13-/m1/s1. The van der Waals surface area contributed by atoms with E-state index in [1.54, 1.807) is 41.2 Å². The molecule has 0 unspecified atom stereocenters. The number of thiophene rings is 1. The molecule has 0 saturated carbocycles. The molecule has 10 heteroatoms. The van der Waals surface area contributed by atoms with Gasteiger partial charge in [0.2, 0.25) is 0 Å². The number of hydrogen-bond acceptors (Lipinski definition) is 5. The Kier molecular flexibility index (Phi) is 6.32. The molecule has 1 aliphatic rings. The Labute approximate surface area is 182 Å². The van der Waals surface area contributed by atoms with Gasteiger partial charge in [-0.2, -0.15) is 5.10 Å². The number of ether oxygens (including phenoxy) is 1. The summed E-state index contributed by atoms with van der Waals surface area (Å²) in [5.41, 5.74) is 1.77. The van der Waals surface area contributed by atoms with Crippen LogP contribution in [0.2, 0.25) is 5.02 Å². The maximum absolute atomic E-state index is 12.4. The van der Waals surface area contributed by atoms with E-state index in [-0.39, 0.29) is 5.91 Å². The SMILES string of the molecule is O=C(Nc1cnn(-c2csc(C(=O)NC[C@H]3CCOC3)c2)c1)Nc1ccccc1Cl. The summed E-state index contributed by atoms with van der Waals surface area (Å²) in [5.74, 6) is 0.271. The van der Waals surface area contributed by atoms with E-state index in [1.807, 2.05) is 5.38 Å². The number of amides is 3. The van der Waals surface area contributed by atoms with Crippen molar-refractivity contribution in [2.45, 2.75) is 6.42 Å². The molecule has 3 N–H and O–H groups in total. The maximum atomic E-state index is 12.4. The molecule has 30 heavy (non-hydrogen) atoms. The van der Waals surface area contributed by atoms with Gasteiger partial charge in [-0.3, -0.25) is 4.79 Å². The molecule has 1 aliphatic heterocycles. The number of nitrogens with one attached hydrogen (secondary N) is 3. The van der Waals surface area contributed by atoms with Gasteiger partial charge in [0.05, 0.1) is 46.0 Å². The highest BCUT2D eigenvalue weighted by Crippen LogP contribution is 2.22. The lowest BCUT2D eigenvalue weighted by Crippen LogP contribution is -2.28. The zero-order valence-electron chi connectivity index (χ0n) is 15.9. The van der Waals surface area contributed by atoms with Crippen molar-refractivity contribution in [3.8, 4) is 5.69 Å². The van der Waals surface area contributed by atoms with Gasteiger partial charge in [0.15, 0.2) is 0 Å². The summed E-state index contributed by atoms with van der Waals surface area (Å²) < 4.78 is 6.92. The molecular formula is C20H20ClN5O3S. The summed E-state index contributed by atoms with van der Waals surface area (Å²) in [6.45, 7) is 2.07. The highest BCUT2D eigenvalue weighted by Gasteiger charge is 2.18. The molecule has 0 bridgehead atoms. The van der Waals surface area contributed by atoms with E-state index in [9.17, 15) is 9.59 Å². The van der Waals surface area contributed by atoms with Gasteiger partial charge >= 0.3 is 6.03 Å². The van der Waals surface area contributed by atoms with E-state index in [0.29, 0.717) is 40.3 Å². The molecule has 1 atom stereocenters. The molecule has 0 spiro atoms. The van der Waals surface area contributed by atoms with Crippen molar-refractivity contribution in [2.24, 2.45) is 5.92 Å². The Hall–Kier alpha value is -2.88. The summed E-state index contributed by atoms with van der Waals surface area (Å²) >= 11 is 7.39. The number of carbonyl (C=O) groups is 2. The molecular weight excluding hydrogens is 426 g/mol.